The summed E-state index contributed by atoms with van der Waals surface area (Å²) < 4.78 is 0. The number of nitriles is 1. The summed E-state index contributed by atoms with van der Waals surface area (Å²) in [6.07, 6.45) is 5.03. The summed E-state index contributed by atoms with van der Waals surface area (Å²) in [5, 5.41) is 8.77. The van der Waals surface area contributed by atoms with Gasteiger partial charge in [0.2, 0.25) is 0 Å². The van der Waals surface area contributed by atoms with E-state index < -0.39 is 0 Å². The highest BCUT2D eigenvalue weighted by Gasteiger charge is 2.06. The minimum Gasteiger partial charge on any atom is -0.383 e. The molecule has 0 saturated heterocycles. The Morgan fingerprint density at radius 3 is 2.29 bits per heavy atom. The van der Waals surface area contributed by atoms with Crippen LogP contribution in [0.25, 0.3) is 12.2 Å². The normalized spacial score (nSPS) is 9.10. The number of nitrogen functional groups attached to an aromatic ring is 1. The zero-order valence-electron chi connectivity index (χ0n) is 11.4. The molecular weight excluding hydrogens is 258 g/mol. The van der Waals surface area contributed by atoms with E-state index in [9.17, 15) is 0 Å². The highest BCUT2D eigenvalue weighted by molar-refractivity contribution is 5.73. The monoisotopic (exact) mass is 271 g/mol. The van der Waals surface area contributed by atoms with E-state index in [1.54, 1.807) is 42.6 Å². The summed E-state index contributed by atoms with van der Waals surface area (Å²) >= 11 is 0. The maximum absolute atomic E-state index is 8.77. The van der Waals surface area contributed by atoms with Gasteiger partial charge in [-0.2, -0.15) is 5.26 Å². The van der Waals surface area contributed by atoms with E-state index in [-0.39, 0.29) is 0 Å². The van der Waals surface area contributed by atoms with E-state index in [0.717, 1.165) is 16.7 Å². The minimum absolute atomic E-state index is 0.358. The standard InChI is InChI=1S/C18H13N3/c1-3-15-12-21-18(20)17(16(15)4-2)10-9-13-5-7-14(11-19)8-6-13/h3-8,12H,1-2H2,(H2,20,21). The molecule has 0 radical (unpaired) electrons. The van der Waals surface area contributed by atoms with Crippen LogP contribution in [0.15, 0.2) is 43.6 Å². The van der Waals surface area contributed by atoms with E-state index in [0.29, 0.717) is 16.9 Å². The first-order valence-corrected chi connectivity index (χ1v) is 6.25. The van der Waals surface area contributed by atoms with Gasteiger partial charge in [-0.1, -0.05) is 37.2 Å². The summed E-state index contributed by atoms with van der Waals surface area (Å²) in [6.45, 7) is 7.52. The zero-order chi connectivity index (χ0) is 15.2. The largest absolute Gasteiger partial charge is 0.383 e. The second-order valence-corrected chi connectivity index (χ2v) is 4.23. The van der Waals surface area contributed by atoms with Gasteiger partial charge < -0.3 is 5.73 Å². The Morgan fingerprint density at radius 2 is 1.71 bits per heavy atom. The topological polar surface area (TPSA) is 62.7 Å². The summed E-state index contributed by atoms with van der Waals surface area (Å²) in [7, 11) is 0. The van der Waals surface area contributed by atoms with Gasteiger partial charge in [0.1, 0.15) is 5.82 Å². The molecule has 3 heteroatoms. The molecule has 1 aromatic carbocycles. The second kappa shape index (κ2) is 6.23. The maximum atomic E-state index is 8.77. The van der Waals surface area contributed by atoms with Crippen LogP contribution in [0.1, 0.15) is 27.8 Å². The lowest BCUT2D eigenvalue weighted by Gasteiger charge is -2.06. The number of hydrogen-bond donors (Lipinski definition) is 1. The van der Waals surface area contributed by atoms with Crippen molar-refractivity contribution in [1.29, 1.82) is 5.26 Å². The van der Waals surface area contributed by atoms with E-state index in [1.165, 1.54) is 0 Å². The Hall–Kier alpha value is -3.30. The molecule has 1 aromatic heterocycles. The van der Waals surface area contributed by atoms with Crippen molar-refractivity contribution < 1.29 is 0 Å². The molecule has 0 saturated carbocycles. The number of nitrogens with zero attached hydrogens (tertiary/aromatic N) is 2. The predicted octanol–water partition coefficient (Wildman–Crippen LogP) is 3.22. The van der Waals surface area contributed by atoms with Crippen molar-refractivity contribution in [1.82, 2.24) is 4.98 Å². The molecule has 0 aliphatic heterocycles. The molecule has 0 spiro atoms. The molecule has 100 valence electrons. The predicted molar refractivity (Wildman–Crippen MR) is 86.0 cm³/mol. The molecule has 1 heterocycles. The molecule has 0 amide bonds. The lowest BCUT2D eigenvalue weighted by molar-refractivity contribution is 1.30. The quantitative estimate of drug-likeness (QED) is 0.853. The van der Waals surface area contributed by atoms with Crippen LogP contribution in [-0.4, -0.2) is 4.98 Å². The van der Waals surface area contributed by atoms with E-state index >= 15 is 0 Å². The lowest BCUT2D eigenvalue weighted by atomic mass is 10.0. The molecule has 21 heavy (non-hydrogen) atoms. The third-order valence-corrected chi connectivity index (χ3v) is 2.95. The Bertz CT molecular complexity index is 797. The molecule has 0 bridgehead atoms. The lowest BCUT2D eigenvalue weighted by Crippen LogP contribution is -1.99. The van der Waals surface area contributed by atoms with Crippen molar-refractivity contribution in [3.63, 3.8) is 0 Å². The molecule has 2 N–H and O–H groups in total. The molecule has 0 aliphatic carbocycles. The molecule has 0 fully saturated rings. The Kier molecular flexibility index (Phi) is 4.19. The van der Waals surface area contributed by atoms with Crippen LogP contribution >= 0.6 is 0 Å². The van der Waals surface area contributed by atoms with Crippen molar-refractivity contribution in [3.05, 3.63) is 71.4 Å². The van der Waals surface area contributed by atoms with Crippen molar-refractivity contribution in [2.24, 2.45) is 0 Å². The van der Waals surface area contributed by atoms with Crippen LogP contribution in [0.5, 0.6) is 0 Å². The zero-order valence-corrected chi connectivity index (χ0v) is 11.4. The highest BCUT2D eigenvalue weighted by atomic mass is 14.8. The van der Waals surface area contributed by atoms with Crippen molar-refractivity contribution in [3.8, 4) is 17.9 Å². The SMILES string of the molecule is C=Cc1cnc(N)c(C#Cc2ccc(C#N)cc2)c1C=C. The first-order valence-electron chi connectivity index (χ1n) is 6.25. The molecule has 0 unspecified atom stereocenters. The number of benzene rings is 1. The fourth-order valence-corrected chi connectivity index (χ4v) is 1.83. The number of nitrogens with two attached hydrogens (primary N) is 1. The van der Waals surface area contributed by atoms with Gasteiger partial charge in [0.05, 0.1) is 17.2 Å². The Morgan fingerprint density at radius 1 is 1.05 bits per heavy atom. The van der Waals surface area contributed by atoms with Gasteiger partial charge in [0.15, 0.2) is 0 Å². The van der Waals surface area contributed by atoms with Crippen molar-refractivity contribution in [2.75, 3.05) is 5.73 Å². The van der Waals surface area contributed by atoms with Gasteiger partial charge in [0, 0.05) is 22.9 Å². The van der Waals surface area contributed by atoms with Gasteiger partial charge in [-0.25, -0.2) is 4.98 Å². The van der Waals surface area contributed by atoms with Gasteiger partial charge in [-0.05, 0) is 24.3 Å². The molecule has 0 aliphatic rings. The average Bonchev–Trinajstić information content (AvgIpc) is 2.53. The molecule has 0 atom stereocenters. The van der Waals surface area contributed by atoms with Gasteiger partial charge in [0.25, 0.3) is 0 Å². The van der Waals surface area contributed by atoms with E-state index in [4.69, 9.17) is 11.0 Å². The Balaban J connectivity index is 2.49. The van der Waals surface area contributed by atoms with Gasteiger partial charge in [-0.3, -0.25) is 0 Å². The summed E-state index contributed by atoms with van der Waals surface area (Å²) in [4.78, 5) is 4.11. The van der Waals surface area contributed by atoms with Crippen LogP contribution < -0.4 is 5.73 Å². The summed E-state index contributed by atoms with van der Waals surface area (Å²) in [6, 6.07) is 9.10. The number of aromatic nitrogens is 1. The minimum atomic E-state index is 0.358. The number of hydrogen-bond acceptors (Lipinski definition) is 3. The summed E-state index contributed by atoms with van der Waals surface area (Å²) in [5.41, 5.74) is 9.58. The maximum Gasteiger partial charge on any atom is 0.139 e. The molecule has 3 nitrogen and oxygen atoms in total. The summed E-state index contributed by atoms with van der Waals surface area (Å²) in [5.74, 6) is 6.40. The smallest absolute Gasteiger partial charge is 0.139 e. The first kappa shape index (κ1) is 14.1. The first-order chi connectivity index (χ1) is 10.2. The van der Waals surface area contributed by atoms with Crippen LogP contribution in [0.4, 0.5) is 5.82 Å². The third-order valence-electron chi connectivity index (χ3n) is 2.95. The number of anilines is 1. The van der Waals surface area contributed by atoms with Gasteiger partial charge >= 0.3 is 0 Å². The van der Waals surface area contributed by atoms with Crippen LogP contribution in [0, 0.1) is 23.2 Å². The van der Waals surface area contributed by atoms with Crippen LogP contribution in [0.3, 0.4) is 0 Å². The Labute approximate surface area is 124 Å². The fourth-order valence-electron chi connectivity index (χ4n) is 1.83. The van der Waals surface area contributed by atoms with Gasteiger partial charge in [-0.15, -0.1) is 0 Å². The van der Waals surface area contributed by atoms with E-state index in [2.05, 4.69) is 36.1 Å². The second-order valence-electron chi connectivity index (χ2n) is 4.23. The third kappa shape index (κ3) is 3.00. The fraction of sp³-hybridized carbons (Fsp3) is 0. The highest BCUT2D eigenvalue weighted by Crippen LogP contribution is 2.20. The van der Waals surface area contributed by atoms with E-state index in [1.807, 2.05) is 0 Å². The molecule has 2 aromatic rings. The van der Waals surface area contributed by atoms with Crippen LogP contribution in [-0.2, 0) is 0 Å². The number of pyridine rings is 1. The number of rotatable bonds is 2. The van der Waals surface area contributed by atoms with Crippen LogP contribution in [0.2, 0.25) is 0 Å². The average molecular weight is 271 g/mol. The molecule has 2 rings (SSSR count). The molecular formula is C18H13N3. The van der Waals surface area contributed by atoms with Crippen molar-refractivity contribution in [2.45, 2.75) is 0 Å². The van der Waals surface area contributed by atoms with Crippen molar-refractivity contribution >= 4 is 18.0 Å².